The number of rotatable bonds is 5. The minimum atomic E-state index is -0.0223. The SMILES string of the molecule is CCC(CC)(CN=O)N1CCOCC1. The molecule has 0 saturated carbocycles. The quantitative estimate of drug-likeness (QED) is 0.634. The van der Waals surface area contributed by atoms with E-state index in [0.29, 0.717) is 6.54 Å². The Bertz CT molecular complexity index is 175. The van der Waals surface area contributed by atoms with Crippen LogP contribution in [0, 0.1) is 4.91 Å². The summed E-state index contributed by atoms with van der Waals surface area (Å²) in [5.74, 6) is 0. The van der Waals surface area contributed by atoms with Crippen molar-refractivity contribution in [1.29, 1.82) is 0 Å². The molecule has 14 heavy (non-hydrogen) atoms. The minimum Gasteiger partial charge on any atom is -0.379 e. The highest BCUT2D eigenvalue weighted by atomic mass is 16.5. The second-order valence-electron chi connectivity index (χ2n) is 3.82. The Balaban J connectivity index is 2.67. The summed E-state index contributed by atoms with van der Waals surface area (Å²) in [4.78, 5) is 12.8. The molecule has 0 spiro atoms. The highest BCUT2D eigenvalue weighted by molar-refractivity contribution is 4.91. The van der Waals surface area contributed by atoms with Crippen molar-refractivity contribution in [2.45, 2.75) is 32.2 Å². The molecule has 0 aromatic rings. The van der Waals surface area contributed by atoms with Gasteiger partial charge in [0.25, 0.3) is 0 Å². The van der Waals surface area contributed by atoms with Gasteiger partial charge in [-0.3, -0.25) is 4.90 Å². The molecule has 1 rings (SSSR count). The van der Waals surface area contributed by atoms with Gasteiger partial charge in [0.2, 0.25) is 0 Å². The Morgan fingerprint density at radius 2 is 1.86 bits per heavy atom. The third-order valence-corrected chi connectivity index (χ3v) is 3.36. The van der Waals surface area contributed by atoms with Crippen molar-refractivity contribution >= 4 is 0 Å². The van der Waals surface area contributed by atoms with Crippen LogP contribution in [-0.4, -0.2) is 43.3 Å². The summed E-state index contributed by atoms with van der Waals surface area (Å²) in [5, 5.41) is 3.09. The van der Waals surface area contributed by atoms with E-state index < -0.39 is 0 Å². The highest BCUT2D eigenvalue weighted by Gasteiger charge is 2.34. The van der Waals surface area contributed by atoms with E-state index in [9.17, 15) is 4.91 Å². The Labute approximate surface area is 85.6 Å². The molecule has 0 aromatic carbocycles. The molecule has 0 aliphatic carbocycles. The monoisotopic (exact) mass is 200 g/mol. The van der Waals surface area contributed by atoms with Crippen molar-refractivity contribution in [1.82, 2.24) is 4.90 Å². The molecular formula is C10H20N2O2. The lowest BCUT2D eigenvalue weighted by atomic mass is 9.90. The van der Waals surface area contributed by atoms with E-state index in [1.54, 1.807) is 0 Å². The average molecular weight is 200 g/mol. The lowest BCUT2D eigenvalue weighted by Gasteiger charge is -2.43. The molecule has 1 saturated heterocycles. The fourth-order valence-electron chi connectivity index (χ4n) is 2.18. The topological polar surface area (TPSA) is 41.9 Å². The zero-order valence-corrected chi connectivity index (χ0v) is 9.16. The van der Waals surface area contributed by atoms with E-state index >= 15 is 0 Å². The number of ether oxygens (including phenoxy) is 1. The van der Waals surface area contributed by atoms with Gasteiger partial charge in [-0.2, -0.15) is 4.91 Å². The number of morpholine rings is 1. The molecule has 0 unspecified atom stereocenters. The average Bonchev–Trinajstić information content (AvgIpc) is 2.27. The van der Waals surface area contributed by atoms with Gasteiger partial charge in [-0.25, -0.2) is 0 Å². The van der Waals surface area contributed by atoms with Gasteiger partial charge in [-0.05, 0) is 12.8 Å². The van der Waals surface area contributed by atoms with Crippen LogP contribution >= 0.6 is 0 Å². The molecule has 1 fully saturated rings. The molecule has 0 N–H and O–H groups in total. The van der Waals surface area contributed by atoms with Crippen LogP contribution in [0.1, 0.15) is 26.7 Å². The van der Waals surface area contributed by atoms with Gasteiger partial charge in [0, 0.05) is 18.6 Å². The minimum absolute atomic E-state index is 0.0223. The van der Waals surface area contributed by atoms with Crippen molar-refractivity contribution in [3.05, 3.63) is 4.91 Å². The molecule has 1 aliphatic heterocycles. The fraction of sp³-hybridized carbons (Fsp3) is 1.00. The lowest BCUT2D eigenvalue weighted by molar-refractivity contribution is -0.0228. The Morgan fingerprint density at radius 3 is 2.29 bits per heavy atom. The first-order chi connectivity index (χ1) is 6.79. The first-order valence-corrected chi connectivity index (χ1v) is 5.41. The Kier molecular flexibility index (Phi) is 4.48. The predicted octanol–water partition coefficient (Wildman–Crippen LogP) is 1.64. The summed E-state index contributed by atoms with van der Waals surface area (Å²) in [7, 11) is 0. The molecule has 1 heterocycles. The first kappa shape index (κ1) is 11.6. The molecule has 1 aliphatic rings. The third kappa shape index (κ3) is 2.30. The maximum Gasteiger partial charge on any atom is 0.0994 e. The number of hydrogen-bond donors (Lipinski definition) is 0. The molecule has 0 atom stereocenters. The van der Waals surface area contributed by atoms with Gasteiger partial charge in [-0.1, -0.05) is 19.0 Å². The van der Waals surface area contributed by atoms with Gasteiger partial charge >= 0.3 is 0 Å². The van der Waals surface area contributed by atoms with E-state index in [2.05, 4.69) is 23.9 Å². The number of hydrogen-bond acceptors (Lipinski definition) is 4. The largest absolute Gasteiger partial charge is 0.379 e. The van der Waals surface area contributed by atoms with Crippen molar-refractivity contribution in [3.63, 3.8) is 0 Å². The summed E-state index contributed by atoms with van der Waals surface area (Å²) in [6.07, 6.45) is 1.96. The second kappa shape index (κ2) is 5.41. The van der Waals surface area contributed by atoms with Crippen LogP contribution in [-0.2, 0) is 4.74 Å². The van der Waals surface area contributed by atoms with Crippen molar-refractivity contribution in [3.8, 4) is 0 Å². The summed E-state index contributed by atoms with van der Waals surface area (Å²) in [5.41, 5.74) is -0.0223. The summed E-state index contributed by atoms with van der Waals surface area (Å²) < 4.78 is 5.31. The predicted molar refractivity (Wildman–Crippen MR) is 56.4 cm³/mol. The van der Waals surface area contributed by atoms with Crippen LogP contribution in [0.3, 0.4) is 0 Å². The molecule has 0 amide bonds. The third-order valence-electron chi connectivity index (χ3n) is 3.36. The zero-order valence-electron chi connectivity index (χ0n) is 9.16. The van der Waals surface area contributed by atoms with Crippen molar-refractivity contribution < 1.29 is 4.74 Å². The number of nitrogens with zero attached hydrogens (tertiary/aromatic N) is 2. The van der Waals surface area contributed by atoms with E-state index in [1.807, 2.05) is 0 Å². The zero-order chi connectivity index (χ0) is 10.4. The van der Waals surface area contributed by atoms with E-state index in [0.717, 1.165) is 39.1 Å². The van der Waals surface area contributed by atoms with Gasteiger partial charge in [0.1, 0.15) is 0 Å². The maximum atomic E-state index is 10.5. The fourth-order valence-corrected chi connectivity index (χ4v) is 2.18. The van der Waals surface area contributed by atoms with Crippen LogP contribution in [0.5, 0.6) is 0 Å². The smallest absolute Gasteiger partial charge is 0.0994 e. The molecule has 4 heteroatoms. The van der Waals surface area contributed by atoms with Crippen LogP contribution < -0.4 is 0 Å². The molecule has 82 valence electrons. The van der Waals surface area contributed by atoms with Crippen molar-refractivity contribution in [2.75, 3.05) is 32.8 Å². The summed E-state index contributed by atoms with van der Waals surface area (Å²) in [6, 6.07) is 0. The van der Waals surface area contributed by atoms with E-state index in [4.69, 9.17) is 4.74 Å². The maximum absolute atomic E-state index is 10.5. The van der Waals surface area contributed by atoms with Crippen LogP contribution in [0.25, 0.3) is 0 Å². The Hall–Kier alpha value is -0.480. The van der Waals surface area contributed by atoms with Gasteiger partial charge in [0.15, 0.2) is 0 Å². The van der Waals surface area contributed by atoms with Crippen LogP contribution in [0.15, 0.2) is 5.18 Å². The van der Waals surface area contributed by atoms with E-state index in [1.165, 1.54) is 0 Å². The van der Waals surface area contributed by atoms with Crippen molar-refractivity contribution in [2.24, 2.45) is 5.18 Å². The molecule has 0 bridgehead atoms. The standard InChI is InChI=1S/C10H20N2O2/c1-3-10(4-2,9-11-13)12-5-7-14-8-6-12/h3-9H2,1-2H3. The number of nitroso groups, excluding NO2 is 1. The molecular weight excluding hydrogens is 180 g/mol. The first-order valence-electron chi connectivity index (χ1n) is 5.41. The molecule has 4 nitrogen and oxygen atoms in total. The van der Waals surface area contributed by atoms with Crippen LogP contribution in [0.2, 0.25) is 0 Å². The van der Waals surface area contributed by atoms with Gasteiger partial charge in [-0.15, -0.1) is 0 Å². The Morgan fingerprint density at radius 1 is 1.29 bits per heavy atom. The lowest BCUT2D eigenvalue weighted by Crippen LogP contribution is -2.54. The normalized spacial score (nSPS) is 19.6. The van der Waals surface area contributed by atoms with E-state index in [-0.39, 0.29) is 5.54 Å². The molecule has 0 aromatic heterocycles. The van der Waals surface area contributed by atoms with Gasteiger partial charge < -0.3 is 4.74 Å². The molecule has 0 radical (unpaired) electrons. The van der Waals surface area contributed by atoms with Gasteiger partial charge in [0.05, 0.1) is 19.8 Å². The summed E-state index contributed by atoms with van der Waals surface area (Å²) in [6.45, 7) is 8.07. The van der Waals surface area contributed by atoms with Crippen LogP contribution in [0.4, 0.5) is 0 Å². The second-order valence-corrected chi connectivity index (χ2v) is 3.82. The highest BCUT2D eigenvalue weighted by Crippen LogP contribution is 2.25. The summed E-state index contributed by atoms with van der Waals surface area (Å²) >= 11 is 0.